The van der Waals surface area contributed by atoms with Gasteiger partial charge in [-0.1, -0.05) is 32.1 Å². The molecule has 0 unspecified atom stereocenters. The highest BCUT2D eigenvalue weighted by molar-refractivity contribution is 7.09. The summed E-state index contributed by atoms with van der Waals surface area (Å²) in [4.78, 5) is 4.62. The Morgan fingerprint density at radius 3 is 2.35 bits per heavy atom. The van der Waals surface area contributed by atoms with E-state index in [0.717, 1.165) is 11.0 Å². The smallest absolute Gasteiger partial charge is 0.202 e. The SMILES string of the molecule is C1CCCC(Nc2nc(C3CC3)ns2)CCC1. The molecule has 4 heteroatoms. The lowest BCUT2D eigenvalue weighted by Crippen LogP contribution is -2.20. The van der Waals surface area contributed by atoms with Crippen LogP contribution in [0.25, 0.3) is 0 Å². The molecule has 0 saturated heterocycles. The monoisotopic (exact) mass is 251 g/mol. The van der Waals surface area contributed by atoms with Crippen LogP contribution in [0.15, 0.2) is 0 Å². The van der Waals surface area contributed by atoms with E-state index in [-0.39, 0.29) is 0 Å². The Labute approximate surface area is 107 Å². The first-order valence-corrected chi connectivity index (χ1v) is 7.79. The average Bonchev–Trinajstić information content (AvgIpc) is 3.04. The van der Waals surface area contributed by atoms with Crippen LogP contribution in [0.4, 0.5) is 5.13 Å². The molecular formula is C13H21N3S. The van der Waals surface area contributed by atoms with Crippen molar-refractivity contribution in [1.82, 2.24) is 9.36 Å². The molecule has 2 aliphatic rings. The summed E-state index contributed by atoms with van der Waals surface area (Å²) >= 11 is 1.55. The molecule has 0 atom stereocenters. The maximum absolute atomic E-state index is 4.62. The molecule has 2 fully saturated rings. The number of aromatic nitrogens is 2. The molecule has 1 aromatic rings. The van der Waals surface area contributed by atoms with Gasteiger partial charge >= 0.3 is 0 Å². The maximum Gasteiger partial charge on any atom is 0.202 e. The Kier molecular flexibility index (Phi) is 3.60. The lowest BCUT2D eigenvalue weighted by molar-refractivity contribution is 0.471. The zero-order valence-corrected chi connectivity index (χ0v) is 11.1. The summed E-state index contributed by atoms with van der Waals surface area (Å²) in [5, 5.41) is 4.65. The van der Waals surface area contributed by atoms with Crippen molar-refractivity contribution in [3.05, 3.63) is 5.82 Å². The van der Waals surface area contributed by atoms with Gasteiger partial charge < -0.3 is 5.32 Å². The number of hydrogen-bond donors (Lipinski definition) is 1. The van der Waals surface area contributed by atoms with Crippen molar-refractivity contribution in [1.29, 1.82) is 0 Å². The van der Waals surface area contributed by atoms with Gasteiger partial charge in [-0.3, -0.25) is 0 Å². The molecule has 0 aliphatic heterocycles. The van der Waals surface area contributed by atoms with Gasteiger partial charge in [0.25, 0.3) is 0 Å². The molecule has 94 valence electrons. The van der Waals surface area contributed by atoms with Crippen LogP contribution >= 0.6 is 11.5 Å². The molecule has 2 saturated carbocycles. The summed E-state index contributed by atoms with van der Waals surface area (Å²) in [6.07, 6.45) is 12.2. The van der Waals surface area contributed by atoms with E-state index in [4.69, 9.17) is 0 Å². The largest absolute Gasteiger partial charge is 0.358 e. The third-order valence-corrected chi connectivity index (χ3v) is 4.48. The van der Waals surface area contributed by atoms with E-state index in [1.54, 1.807) is 11.5 Å². The fourth-order valence-electron chi connectivity index (χ4n) is 2.58. The first kappa shape index (κ1) is 11.5. The van der Waals surface area contributed by atoms with Gasteiger partial charge in [0.2, 0.25) is 5.13 Å². The first-order valence-electron chi connectivity index (χ1n) is 7.02. The lowest BCUT2D eigenvalue weighted by atomic mass is 9.97. The van der Waals surface area contributed by atoms with Gasteiger partial charge in [-0.15, -0.1) is 0 Å². The highest BCUT2D eigenvalue weighted by Crippen LogP contribution is 2.39. The summed E-state index contributed by atoms with van der Waals surface area (Å²) in [5.74, 6) is 1.77. The van der Waals surface area contributed by atoms with E-state index in [2.05, 4.69) is 14.7 Å². The number of rotatable bonds is 3. The Hall–Kier alpha value is -0.640. The highest BCUT2D eigenvalue weighted by atomic mass is 32.1. The predicted octanol–water partition coefficient (Wildman–Crippen LogP) is 3.94. The van der Waals surface area contributed by atoms with Gasteiger partial charge in [0.05, 0.1) is 0 Å². The third kappa shape index (κ3) is 3.18. The molecular weight excluding hydrogens is 230 g/mol. The number of nitrogens with zero attached hydrogens (tertiary/aromatic N) is 2. The van der Waals surface area contributed by atoms with Crippen molar-refractivity contribution in [2.24, 2.45) is 0 Å². The Balaban J connectivity index is 1.55. The molecule has 3 rings (SSSR count). The van der Waals surface area contributed by atoms with Gasteiger partial charge in [-0.05, 0) is 25.7 Å². The minimum Gasteiger partial charge on any atom is -0.358 e. The van der Waals surface area contributed by atoms with Crippen LogP contribution in [0.2, 0.25) is 0 Å². The minimum absolute atomic E-state index is 0.635. The van der Waals surface area contributed by atoms with Crippen LogP contribution in [0.1, 0.15) is 69.5 Å². The van der Waals surface area contributed by atoms with Crippen LogP contribution in [0.3, 0.4) is 0 Å². The normalized spacial score (nSPS) is 23.1. The van der Waals surface area contributed by atoms with Crippen molar-refractivity contribution in [3.8, 4) is 0 Å². The highest BCUT2D eigenvalue weighted by Gasteiger charge is 2.28. The van der Waals surface area contributed by atoms with Crippen LogP contribution < -0.4 is 5.32 Å². The summed E-state index contributed by atoms with van der Waals surface area (Å²) in [6.45, 7) is 0. The molecule has 0 bridgehead atoms. The van der Waals surface area contributed by atoms with Crippen molar-refractivity contribution in [3.63, 3.8) is 0 Å². The van der Waals surface area contributed by atoms with Crippen LogP contribution in [0.5, 0.6) is 0 Å². The second-order valence-electron chi connectivity index (χ2n) is 5.42. The van der Waals surface area contributed by atoms with Crippen molar-refractivity contribution < 1.29 is 0 Å². The van der Waals surface area contributed by atoms with E-state index in [0.29, 0.717) is 12.0 Å². The van der Waals surface area contributed by atoms with E-state index in [1.807, 2.05) is 0 Å². The third-order valence-electron chi connectivity index (χ3n) is 3.82. The summed E-state index contributed by atoms with van der Waals surface area (Å²) < 4.78 is 4.45. The molecule has 1 heterocycles. The number of anilines is 1. The van der Waals surface area contributed by atoms with E-state index < -0.39 is 0 Å². The molecule has 0 aromatic carbocycles. The zero-order chi connectivity index (χ0) is 11.5. The van der Waals surface area contributed by atoms with Gasteiger partial charge in [0.15, 0.2) is 0 Å². The molecule has 0 spiro atoms. The zero-order valence-electron chi connectivity index (χ0n) is 10.3. The van der Waals surface area contributed by atoms with Gasteiger partial charge in [-0.25, -0.2) is 4.98 Å². The molecule has 1 aromatic heterocycles. The van der Waals surface area contributed by atoms with E-state index in [1.165, 1.54) is 57.8 Å². The molecule has 0 amide bonds. The summed E-state index contributed by atoms with van der Waals surface area (Å²) in [7, 11) is 0. The lowest BCUT2D eigenvalue weighted by Gasteiger charge is -2.20. The number of nitrogens with one attached hydrogen (secondary N) is 1. The van der Waals surface area contributed by atoms with Crippen LogP contribution in [0, 0.1) is 0 Å². The fourth-order valence-corrected chi connectivity index (χ4v) is 3.30. The molecule has 0 radical (unpaired) electrons. The van der Waals surface area contributed by atoms with Crippen molar-refractivity contribution >= 4 is 16.7 Å². The van der Waals surface area contributed by atoms with Gasteiger partial charge in [-0.2, -0.15) is 4.37 Å². The second-order valence-corrected chi connectivity index (χ2v) is 6.17. The number of hydrogen-bond acceptors (Lipinski definition) is 4. The van der Waals surface area contributed by atoms with Crippen molar-refractivity contribution in [2.45, 2.75) is 69.7 Å². The van der Waals surface area contributed by atoms with E-state index in [9.17, 15) is 0 Å². The van der Waals surface area contributed by atoms with E-state index >= 15 is 0 Å². The predicted molar refractivity (Wildman–Crippen MR) is 71.6 cm³/mol. The summed E-state index contributed by atoms with van der Waals surface area (Å²) in [6, 6.07) is 0.635. The topological polar surface area (TPSA) is 37.8 Å². The molecule has 3 nitrogen and oxygen atoms in total. The van der Waals surface area contributed by atoms with Gasteiger partial charge in [0.1, 0.15) is 5.82 Å². The van der Waals surface area contributed by atoms with Crippen LogP contribution in [-0.4, -0.2) is 15.4 Å². The molecule has 17 heavy (non-hydrogen) atoms. The van der Waals surface area contributed by atoms with Gasteiger partial charge in [0, 0.05) is 23.5 Å². The summed E-state index contributed by atoms with van der Waals surface area (Å²) in [5.41, 5.74) is 0. The minimum atomic E-state index is 0.635. The standard InChI is InChI=1S/C13H21N3S/c1-2-4-6-11(7-5-3-1)14-13-15-12(16-17-13)10-8-9-10/h10-11H,1-9H2,(H,14,15,16). The van der Waals surface area contributed by atoms with Crippen molar-refractivity contribution in [2.75, 3.05) is 5.32 Å². The maximum atomic E-state index is 4.62. The fraction of sp³-hybridized carbons (Fsp3) is 0.846. The quantitative estimate of drug-likeness (QED) is 0.884. The Morgan fingerprint density at radius 1 is 0.941 bits per heavy atom. The molecule has 2 aliphatic carbocycles. The second kappa shape index (κ2) is 5.34. The molecule has 1 N–H and O–H groups in total. The Morgan fingerprint density at radius 2 is 1.65 bits per heavy atom. The van der Waals surface area contributed by atoms with Crippen LogP contribution in [-0.2, 0) is 0 Å². The average molecular weight is 251 g/mol. The Bertz CT molecular complexity index is 351. The first-order chi connectivity index (χ1) is 8.42.